The summed E-state index contributed by atoms with van der Waals surface area (Å²) < 4.78 is 12.7. The van der Waals surface area contributed by atoms with Gasteiger partial charge in [-0.25, -0.2) is 4.39 Å². The van der Waals surface area contributed by atoms with Gasteiger partial charge < -0.3 is 10.2 Å². The molecule has 0 aromatic heterocycles. The summed E-state index contributed by atoms with van der Waals surface area (Å²) >= 11 is 0. The minimum Gasteiger partial charge on any atom is -0.352 e. The van der Waals surface area contributed by atoms with Crippen LogP contribution in [0.5, 0.6) is 0 Å². The number of rotatable bonds is 5. The van der Waals surface area contributed by atoms with Gasteiger partial charge in [0.05, 0.1) is 0 Å². The van der Waals surface area contributed by atoms with E-state index in [1.807, 2.05) is 4.90 Å². The Kier molecular flexibility index (Phi) is 5.49. The van der Waals surface area contributed by atoms with Crippen LogP contribution in [0.1, 0.15) is 24.8 Å². The fraction of sp³-hybridized carbons (Fsp3) is 0.375. The lowest BCUT2D eigenvalue weighted by Gasteiger charge is -2.14. The number of nitrogens with zero attached hydrogens (tertiary/aromatic N) is 1. The van der Waals surface area contributed by atoms with Crippen LogP contribution in [0.15, 0.2) is 30.3 Å². The third-order valence-electron chi connectivity index (χ3n) is 3.39. The SMILES string of the molecule is O=C(/C=C/c1ccc(F)cc1)NCCC(=O)N1CCCC1. The monoisotopic (exact) mass is 290 g/mol. The smallest absolute Gasteiger partial charge is 0.244 e. The molecule has 0 bridgehead atoms. The van der Waals surface area contributed by atoms with Gasteiger partial charge in [-0.1, -0.05) is 12.1 Å². The van der Waals surface area contributed by atoms with Crippen LogP contribution >= 0.6 is 0 Å². The third-order valence-corrected chi connectivity index (χ3v) is 3.39. The van der Waals surface area contributed by atoms with Gasteiger partial charge in [-0.2, -0.15) is 0 Å². The molecular weight excluding hydrogens is 271 g/mol. The molecule has 0 unspecified atom stereocenters. The third kappa shape index (κ3) is 5.02. The molecule has 0 spiro atoms. The van der Waals surface area contributed by atoms with Gasteiger partial charge in [-0.05, 0) is 36.6 Å². The number of hydrogen-bond acceptors (Lipinski definition) is 2. The van der Waals surface area contributed by atoms with Gasteiger partial charge in [-0.15, -0.1) is 0 Å². The summed E-state index contributed by atoms with van der Waals surface area (Å²) in [5.74, 6) is -0.471. The highest BCUT2D eigenvalue weighted by molar-refractivity contribution is 5.92. The second kappa shape index (κ2) is 7.57. The first-order valence-electron chi connectivity index (χ1n) is 7.14. The Morgan fingerprint density at radius 1 is 1.19 bits per heavy atom. The molecule has 1 N–H and O–H groups in total. The van der Waals surface area contributed by atoms with E-state index in [1.165, 1.54) is 18.2 Å². The van der Waals surface area contributed by atoms with Crippen molar-refractivity contribution in [2.24, 2.45) is 0 Å². The lowest BCUT2D eigenvalue weighted by atomic mass is 10.2. The summed E-state index contributed by atoms with van der Waals surface area (Å²) in [6, 6.07) is 5.87. The molecule has 0 aliphatic carbocycles. The van der Waals surface area contributed by atoms with E-state index in [-0.39, 0.29) is 17.6 Å². The predicted octanol–water partition coefficient (Wildman–Crippen LogP) is 1.97. The Labute approximate surface area is 123 Å². The molecule has 0 radical (unpaired) electrons. The summed E-state index contributed by atoms with van der Waals surface area (Å²) in [6.07, 6.45) is 5.46. The van der Waals surface area contributed by atoms with Crippen molar-refractivity contribution >= 4 is 17.9 Å². The Morgan fingerprint density at radius 2 is 1.86 bits per heavy atom. The molecule has 1 heterocycles. The highest BCUT2D eigenvalue weighted by Crippen LogP contribution is 2.08. The summed E-state index contributed by atoms with van der Waals surface area (Å²) in [4.78, 5) is 25.2. The number of carbonyl (C=O) groups excluding carboxylic acids is 2. The first-order chi connectivity index (χ1) is 10.1. The van der Waals surface area contributed by atoms with E-state index < -0.39 is 0 Å². The van der Waals surface area contributed by atoms with E-state index in [0.29, 0.717) is 13.0 Å². The minimum absolute atomic E-state index is 0.0929. The van der Waals surface area contributed by atoms with E-state index in [4.69, 9.17) is 0 Å². The van der Waals surface area contributed by atoms with Gasteiger partial charge in [0.25, 0.3) is 0 Å². The first-order valence-corrected chi connectivity index (χ1v) is 7.14. The topological polar surface area (TPSA) is 49.4 Å². The van der Waals surface area contributed by atoms with Crippen LogP contribution in [0.4, 0.5) is 4.39 Å². The number of carbonyl (C=O) groups is 2. The Bertz CT molecular complexity index is 520. The van der Waals surface area contributed by atoms with Crippen molar-refractivity contribution in [1.82, 2.24) is 10.2 Å². The fourth-order valence-corrected chi connectivity index (χ4v) is 2.22. The maximum atomic E-state index is 12.7. The molecule has 4 nitrogen and oxygen atoms in total. The zero-order chi connectivity index (χ0) is 15.1. The number of halogens is 1. The lowest BCUT2D eigenvalue weighted by Crippen LogP contribution is -2.32. The molecule has 2 amide bonds. The van der Waals surface area contributed by atoms with E-state index in [1.54, 1.807) is 18.2 Å². The largest absolute Gasteiger partial charge is 0.352 e. The summed E-state index contributed by atoms with van der Waals surface area (Å²) in [5.41, 5.74) is 0.750. The number of nitrogens with one attached hydrogen (secondary N) is 1. The van der Waals surface area contributed by atoms with E-state index in [0.717, 1.165) is 31.5 Å². The molecule has 1 aromatic carbocycles. The van der Waals surface area contributed by atoms with Gasteiger partial charge in [0.2, 0.25) is 11.8 Å². The number of benzene rings is 1. The van der Waals surface area contributed by atoms with Crippen LogP contribution in [0, 0.1) is 5.82 Å². The molecule has 1 fully saturated rings. The predicted molar refractivity (Wildman–Crippen MR) is 78.9 cm³/mol. The van der Waals surface area contributed by atoms with Gasteiger partial charge in [0.1, 0.15) is 5.82 Å². The molecule has 0 saturated carbocycles. The van der Waals surface area contributed by atoms with E-state index >= 15 is 0 Å². The number of amides is 2. The average molecular weight is 290 g/mol. The van der Waals surface area contributed by atoms with Crippen molar-refractivity contribution in [3.63, 3.8) is 0 Å². The maximum Gasteiger partial charge on any atom is 0.244 e. The minimum atomic E-state index is -0.308. The van der Waals surface area contributed by atoms with Crippen molar-refractivity contribution in [2.75, 3.05) is 19.6 Å². The Balaban J connectivity index is 1.69. The van der Waals surface area contributed by atoms with Crippen LogP contribution in [0.2, 0.25) is 0 Å². The summed E-state index contributed by atoms with van der Waals surface area (Å²) in [6.45, 7) is 2.00. The maximum absolute atomic E-state index is 12.7. The molecule has 1 aliphatic rings. The molecule has 112 valence electrons. The van der Waals surface area contributed by atoms with Crippen molar-refractivity contribution in [3.05, 3.63) is 41.7 Å². The second-order valence-corrected chi connectivity index (χ2v) is 5.01. The lowest BCUT2D eigenvalue weighted by molar-refractivity contribution is -0.130. The molecular formula is C16H19FN2O2. The van der Waals surface area contributed by atoms with Gasteiger partial charge in [0.15, 0.2) is 0 Å². The van der Waals surface area contributed by atoms with Gasteiger partial charge in [-0.3, -0.25) is 9.59 Å². The van der Waals surface area contributed by atoms with Crippen LogP contribution in [-0.2, 0) is 9.59 Å². The fourth-order valence-electron chi connectivity index (χ4n) is 2.22. The van der Waals surface area contributed by atoms with Crippen molar-refractivity contribution in [2.45, 2.75) is 19.3 Å². The van der Waals surface area contributed by atoms with Crippen LogP contribution < -0.4 is 5.32 Å². The quantitative estimate of drug-likeness (QED) is 0.843. The zero-order valence-corrected chi connectivity index (χ0v) is 11.8. The van der Waals surface area contributed by atoms with Crippen molar-refractivity contribution in [1.29, 1.82) is 0 Å². The van der Waals surface area contributed by atoms with Crippen LogP contribution in [-0.4, -0.2) is 36.3 Å². The number of likely N-dealkylation sites (tertiary alicyclic amines) is 1. The van der Waals surface area contributed by atoms with Crippen molar-refractivity contribution < 1.29 is 14.0 Å². The highest BCUT2D eigenvalue weighted by Gasteiger charge is 2.17. The molecule has 1 aromatic rings. The molecule has 1 aliphatic heterocycles. The summed E-state index contributed by atoms with van der Waals surface area (Å²) in [7, 11) is 0. The molecule has 2 rings (SSSR count). The molecule has 21 heavy (non-hydrogen) atoms. The second-order valence-electron chi connectivity index (χ2n) is 5.01. The molecule has 1 saturated heterocycles. The number of hydrogen-bond donors (Lipinski definition) is 1. The van der Waals surface area contributed by atoms with Gasteiger partial charge >= 0.3 is 0 Å². The van der Waals surface area contributed by atoms with Crippen molar-refractivity contribution in [3.8, 4) is 0 Å². The standard InChI is InChI=1S/C16H19FN2O2/c17-14-6-3-13(4-7-14)5-8-15(20)18-10-9-16(21)19-11-1-2-12-19/h3-8H,1-2,9-12H2,(H,18,20)/b8-5+. The Hall–Kier alpha value is -2.17. The molecule has 5 heteroatoms. The van der Waals surface area contributed by atoms with Crippen LogP contribution in [0.3, 0.4) is 0 Å². The molecule has 0 atom stereocenters. The normalized spacial score (nSPS) is 14.6. The zero-order valence-electron chi connectivity index (χ0n) is 11.8. The van der Waals surface area contributed by atoms with Crippen LogP contribution in [0.25, 0.3) is 6.08 Å². The average Bonchev–Trinajstić information content (AvgIpc) is 3.01. The Morgan fingerprint density at radius 3 is 2.52 bits per heavy atom. The van der Waals surface area contributed by atoms with E-state index in [2.05, 4.69) is 5.32 Å². The van der Waals surface area contributed by atoms with E-state index in [9.17, 15) is 14.0 Å². The van der Waals surface area contributed by atoms with Gasteiger partial charge in [0, 0.05) is 32.1 Å². The summed E-state index contributed by atoms with van der Waals surface area (Å²) in [5, 5.41) is 2.67. The first kappa shape index (κ1) is 15.2. The highest BCUT2D eigenvalue weighted by atomic mass is 19.1.